The van der Waals surface area contributed by atoms with Crippen molar-refractivity contribution in [1.29, 1.82) is 0 Å². The molecular formula is C13H14N2O7S. The second-order valence-electron chi connectivity index (χ2n) is 4.55. The number of nitrogens with zero attached hydrogens (tertiary/aromatic N) is 2. The average molecular weight is 342 g/mol. The zero-order chi connectivity index (χ0) is 17.2. The minimum Gasteiger partial charge on any atom is -0.463 e. The second-order valence-corrected chi connectivity index (χ2v) is 6.20. The van der Waals surface area contributed by atoms with Crippen LogP contribution in [0.5, 0.6) is 0 Å². The van der Waals surface area contributed by atoms with Crippen molar-refractivity contribution in [2.75, 3.05) is 14.2 Å². The molecule has 0 aromatic carbocycles. The number of rotatable bonds is 4. The van der Waals surface area contributed by atoms with Crippen molar-refractivity contribution in [1.82, 2.24) is 4.31 Å². The standard InChI is InChI=1S/C13H14N2O7S/c1-8-10(6-15(2)23(18,19)14-8)12(16)21-7-9-4-5-11(22-9)13(17)20-3/h4-6H,7H2,1-3H3. The zero-order valence-corrected chi connectivity index (χ0v) is 13.4. The van der Waals surface area contributed by atoms with E-state index in [0.717, 1.165) is 10.5 Å². The lowest BCUT2D eigenvalue weighted by atomic mass is 10.2. The fourth-order valence-corrected chi connectivity index (χ4v) is 2.52. The summed E-state index contributed by atoms with van der Waals surface area (Å²) in [5.74, 6) is -1.18. The molecule has 2 rings (SSSR count). The van der Waals surface area contributed by atoms with E-state index in [1.807, 2.05) is 0 Å². The van der Waals surface area contributed by atoms with Gasteiger partial charge in [0.05, 0.1) is 18.4 Å². The summed E-state index contributed by atoms with van der Waals surface area (Å²) in [5.41, 5.74) is 0.0462. The van der Waals surface area contributed by atoms with Crippen molar-refractivity contribution in [3.8, 4) is 0 Å². The summed E-state index contributed by atoms with van der Waals surface area (Å²) in [7, 11) is -1.31. The number of furan rings is 1. The molecule has 0 fully saturated rings. The fourth-order valence-electron chi connectivity index (χ4n) is 1.71. The highest BCUT2D eigenvalue weighted by molar-refractivity contribution is 7.88. The van der Waals surface area contributed by atoms with Gasteiger partial charge in [-0.1, -0.05) is 0 Å². The Morgan fingerprint density at radius 1 is 1.30 bits per heavy atom. The van der Waals surface area contributed by atoms with Crippen LogP contribution in [0.1, 0.15) is 23.2 Å². The molecule has 0 unspecified atom stereocenters. The molecule has 0 aliphatic carbocycles. The Hall–Kier alpha value is -2.62. The van der Waals surface area contributed by atoms with Gasteiger partial charge in [-0.05, 0) is 19.1 Å². The summed E-state index contributed by atoms with van der Waals surface area (Å²) in [5, 5.41) is 0. The van der Waals surface area contributed by atoms with Gasteiger partial charge in [0, 0.05) is 13.2 Å². The highest BCUT2D eigenvalue weighted by Gasteiger charge is 2.26. The van der Waals surface area contributed by atoms with Crippen LogP contribution in [0.3, 0.4) is 0 Å². The molecule has 0 saturated carbocycles. The molecule has 1 aromatic heterocycles. The van der Waals surface area contributed by atoms with Crippen LogP contribution >= 0.6 is 0 Å². The van der Waals surface area contributed by atoms with E-state index in [1.165, 1.54) is 33.2 Å². The third-order valence-electron chi connectivity index (χ3n) is 2.93. The molecule has 0 radical (unpaired) electrons. The van der Waals surface area contributed by atoms with Gasteiger partial charge in [0.1, 0.15) is 12.4 Å². The SMILES string of the molecule is COC(=O)c1ccc(COC(=O)C2=CN(C)S(=O)(=O)N=C2C)o1. The van der Waals surface area contributed by atoms with Gasteiger partial charge >= 0.3 is 22.1 Å². The predicted molar refractivity (Wildman–Crippen MR) is 77.7 cm³/mol. The molecule has 1 aliphatic rings. The lowest BCUT2D eigenvalue weighted by Crippen LogP contribution is -2.29. The average Bonchev–Trinajstić information content (AvgIpc) is 2.96. The maximum Gasteiger partial charge on any atom is 0.373 e. The Kier molecular flexibility index (Phi) is 4.55. The summed E-state index contributed by atoms with van der Waals surface area (Å²) in [4.78, 5) is 23.3. The summed E-state index contributed by atoms with van der Waals surface area (Å²) in [6.07, 6.45) is 1.13. The van der Waals surface area contributed by atoms with Crippen molar-refractivity contribution < 1.29 is 31.9 Å². The predicted octanol–water partition coefficient (Wildman–Crippen LogP) is 0.644. The Morgan fingerprint density at radius 2 is 2.00 bits per heavy atom. The van der Waals surface area contributed by atoms with E-state index in [9.17, 15) is 18.0 Å². The van der Waals surface area contributed by atoms with E-state index in [4.69, 9.17) is 9.15 Å². The molecule has 124 valence electrons. The van der Waals surface area contributed by atoms with E-state index in [2.05, 4.69) is 9.13 Å². The first-order chi connectivity index (χ1) is 10.7. The van der Waals surface area contributed by atoms with Crippen LogP contribution in [-0.2, 0) is 31.1 Å². The van der Waals surface area contributed by atoms with Gasteiger partial charge < -0.3 is 13.9 Å². The minimum absolute atomic E-state index is 0.0148. The normalized spacial score (nSPS) is 16.4. The second kappa shape index (κ2) is 6.24. The maximum absolute atomic E-state index is 12.0. The first kappa shape index (κ1) is 16.7. The quantitative estimate of drug-likeness (QED) is 0.737. The molecule has 0 saturated heterocycles. The van der Waals surface area contributed by atoms with Crippen LogP contribution in [0, 0.1) is 0 Å². The molecule has 2 heterocycles. The maximum atomic E-state index is 12.0. The molecule has 0 spiro atoms. The summed E-state index contributed by atoms with van der Waals surface area (Å²) in [6, 6.07) is 2.86. The van der Waals surface area contributed by atoms with Crippen LogP contribution in [0.25, 0.3) is 0 Å². The topological polar surface area (TPSA) is 115 Å². The molecule has 0 amide bonds. The Labute approximate surface area is 132 Å². The van der Waals surface area contributed by atoms with Crippen LogP contribution in [0.15, 0.2) is 32.7 Å². The minimum atomic E-state index is -3.79. The highest BCUT2D eigenvalue weighted by atomic mass is 32.2. The van der Waals surface area contributed by atoms with Gasteiger partial charge in [-0.15, -0.1) is 4.40 Å². The molecular weight excluding hydrogens is 328 g/mol. The lowest BCUT2D eigenvalue weighted by molar-refractivity contribution is -0.140. The van der Waals surface area contributed by atoms with Gasteiger partial charge in [-0.25, -0.2) is 9.59 Å². The smallest absolute Gasteiger partial charge is 0.373 e. The molecule has 1 aliphatic heterocycles. The van der Waals surface area contributed by atoms with Crippen LogP contribution < -0.4 is 0 Å². The van der Waals surface area contributed by atoms with Gasteiger partial charge in [0.2, 0.25) is 5.76 Å². The number of carbonyl (C=O) groups is 2. The number of carbonyl (C=O) groups excluding carboxylic acids is 2. The molecule has 1 aromatic rings. The Bertz CT molecular complexity index is 804. The largest absolute Gasteiger partial charge is 0.463 e. The third kappa shape index (κ3) is 3.59. The summed E-state index contributed by atoms with van der Waals surface area (Å²) in [6.45, 7) is 1.16. The van der Waals surface area contributed by atoms with Crippen molar-refractivity contribution in [3.05, 3.63) is 35.4 Å². The van der Waals surface area contributed by atoms with E-state index >= 15 is 0 Å². The van der Waals surface area contributed by atoms with Crippen molar-refractivity contribution in [2.24, 2.45) is 4.40 Å². The molecule has 0 bridgehead atoms. The molecule has 23 heavy (non-hydrogen) atoms. The molecule has 0 atom stereocenters. The van der Waals surface area contributed by atoms with Crippen LogP contribution in [-0.4, -0.2) is 44.5 Å². The van der Waals surface area contributed by atoms with Gasteiger partial charge in [0.15, 0.2) is 0 Å². The van der Waals surface area contributed by atoms with Gasteiger partial charge in [0.25, 0.3) is 0 Å². The van der Waals surface area contributed by atoms with E-state index in [1.54, 1.807) is 0 Å². The van der Waals surface area contributed by atoms with E-state index < -0.39 is 22.1 Å². The van der Waals surface area contributed by atoms with Crippen molar-refractivity contribution in [2.45, 2.75) is 13.5 Å². The highest BCUT2D eigenvalue weighted by Crippen LogP contribution is 2.17. The van der Waals surface area contributed by atoms with E-state index in [0.29, 0.717) is 0 Å². The zero-order valence-electron chi connectivity index (χ0n) is 12.6. The third-order valence-corrected chi connectivity index (χ3v) is 4.27. The first-order valence-corrected chi connectivity index (χ1v) is 7.75. The number of esters is 2. The van der Waals surface area contributed by atoms with Crippen LogP contribution in [0.2, 0.25) is 0 Å². The fraction of sp³-hybridized carbons (Fsp3) is 0.308. The van der Waals surface area contributed by atoms with E-state index in [-0.39, 0.29) is 29.4 Å². The summed E-state index contributed by atoms with van der Waals surface area (Å²) >= 11 is 0. The number of methoxy groups -OCH3 is 1. The molecule has 0 N–H and O–H groups in total. The first-order valence-electron chi connectivity index (χ1n) is 6.35. The molecule has 9 nitrogen and oxygen atoms in total. The number of hydrogen-bond donors (Lipinski definition) is 0. The van der Waals surface area contributed by atoms with Gasteiger partial charge in [-0.2, -0.15) is 8.42 Å². The number of ether oxygens (including phenoxy) is 2. The van der Waals surface area contributed by atoms with Gasteiger partial charge in [-0.3, -0.25) is 4.31 Å². The number of hydrogen-bond acceptors (Lipinski definition) is 7. The Morgan fingerprint density at radius 3 is 2.65 bits per heavy atom. The van der Waals surface area contributed by atoms with Crippen molar-refractivity contribution in [3.63, 3.8) is 0 Å². The lowest BCUT2D eigenvalue weighted by Gasteiger charge is -2.18. The monoisotopic (exact) mass is 342 g/mol. The van der Waals surface area contributed by atoms with Crippen LogP contribution in [0.4, 0.5) is 0 Å². The molecule has 10 heteroatoms. The summed E-state index contributed by atoms with van der Waals surface area (Å²) < 4.78 is 42.0. The van der Waals surface area contributed by atoms with Crippen molar-refractivity contribution >= 4 is 27.9 Å². The Balaban J connectivity index is 2.04.